The topological polar surface area (TPSA) is 46.6 Å². The predicted molar refractivity (Wildman–Crippen MR) is 84.1 cm³/mol. The molecule has 7 heteroatoms. The summed E-state index contributed by atoms with van der Waals surface area (Å²) < 4.78 is 19.2. The average Bonchev–Trinajstić information content (AvgIpc) is 3.26. The minimum absolute atomic E-state index is 0.00581. The molecule has 0 radical (unpaired) electrons. The van der Waals surface area contributed by atoms with Gasteiger partial charge in [-0.2, -0.15) is 0 Å². The van der Waals surface area contributed by atoms with Crippen molar-refractivity contribution in [1.82, 2.24) is 0 Å². The first-order chi connectivity index (χ1) is 9.81. The van der Waals surface area contributed by atoms with Crippen molar-refractivity contribution in [3.05, 3.63) is 25.9 Å². The highest BCUT2D eigenvalue weighted by atomic mass is 79.9. The van der Waals surface area contributed by atoms with E-state index in [9.17, 15) is 14.0 Å². The number of carbonyl (C=O) groups excluding carboxylic acids is 2. The molecule has 1 fully saturated rings. The van der Waals surface area contributed by atoms with Crippen LogP contribution in [0.2, 0.25) is 0 Å². The number of methoxy groups -OCH3 is 1. The van der Waals surface area contributed by atoms with Gasteiger partial charge in [0.15, 0.2) is 5.82 Å². The van der Waals surface area contributed by atoms with E-state index in [2.05, 4.69) is 31.9 Å². The largest absolute Gasteiger partial charge is 0.465 e. The first-order valence-corrected chi connectivity index (χ1v) is 7.95. The lowest BCUT2D eigenvalue weighted by atomic mass is 10.1. The Balaban J connectivity index is 2.78. The van der Waals surface area contributed by atoms with E-state index >= 15 is 0 Å². The summed E-state index contributed by atoms with van der Waals surface area (Å²) in [5.41, 5.74) is 0.938. The molecule has 21 heavy (non-hydrogen) atoms. The molecule has 0 atom stereocenters. The fourth-order valence-corrected chi connectivity index (χ4v) is 3.49. The van der Waals surface area contributed by atoms with Gasteiger partial charge in [-0.15, -0.1) is 0 Å². The average molecular weight is 423 g/mol. The van der Waals surface area contributed by atoms with E-state index in [0.29, 0.717) is 11.3 Å². The molecular formula is C14H14Br2FNO3. The number of halogens is 3. The van der Waals surface area contributed by atoms with Gasteiger partial charge in [-0.25, -0.2) is 9.18 Å². The van der Waals surface area contributed by atoms with Crippen molar-refractivity contribution in [1.29, 1.82) is 0 Å². The Kier molecular flexibility index (Phi) is 4.72. The number of esters is 1. The Bertz CT molecular complexity index is 629. The number of nitrogens with zero attached hydrogens (tertiary/aromatic N) is 1. The summed E-state index contributed by atoms with van der Waals surface area (Å²) in [6, 6.07) is 0.0499. The second-order valence-corrected chi connectivity index (χ2v) is 6.49. The van der Waals surface area contributed by atoms with Crippen molar-refractivity contribution in [2.75, 3.05) is 12.0 Å². The highest BCUT2D eigenvalue weighted by molar-refractivity contribution is 9.11. The first-order valence-electron chi connectivity index (χ1n) is 6.36. The monoisotopic (exact) mass is 421 g/mol. The molecule has 4 nitrogen and oxygen atoms in total. The van der Waals surface area contributed by atoms with Crippen LogP contribution in [0.25, 0.3) is 0 Å². The van der Waals surface area contributed by atoms with Gasteiger partial charge in [0.05, 0.1) is 21.7 Å². The zero-order valence-corrected chi connectivity index (χ0v) is 15.0. The molecule has 114 valence electrons. The van der Waals surface area contributed by atoms with Crippen molar-refractivity contribution in [3.63, 3.8) is 0 Å². The maximum atomic E-state index is 14.2. The zero-order chi connectivity index (χ0) is 15.9. The van der Waals surface area contributed by atoms with Crippen LogP contribution in [0, 0.1) is 12.7 Å². The number of hydrogen-bond acceptors (Lipinski definition) is 3. The van der Waals surface area contributed by atoms with Crippen LogP contribution >= 0.6 is 31.9 Å². The molecule has 0 spiro atoms. The van der Waals surface area contributed by atoms with Crippen molar-refractivity contribution in [3.8, 4) is 0 Å². The minimum Gasteiger partial charge on any atom is -0.465 e. The number of carbonyl (C=O) groups is 2. The Morgan fingerprint density at radius 1 is 1.29 bits per heavy atom. The molecule has 1 amide bonds. The van der Waals surface area contributed by atoms with Crippen LogP contribution in [0.5, 0.6) is 0 Å². The number of anilines is 1. The summed E-state index contributed by atoms with van der Waals surface area (Å²) >= 11 is 6.28. The molecule has 2 rings (SSSR count). The highest BCUT2D eigenvalue weighted by Gasteiger charge is 2.37. The summed E-state index contributed by atoms with van der Waals surface area (Å²) in [7, 11) is 1.23. The van der Waals surface area contributed by atoms with Gasteiger partial charge in [0, 0.05) is 13.0 Å². The van der Waals surface area contributed by atoms with Gasteiger partial charge in [-0.05, 0) is 57.2 Å². The van der Waals surface area contributed by atoms with E-state index in [1.165, 1.54) is 14.0 Å². The highest BCUT2D eigenvalue weighted by Crippen LogP contribution is 2.43. The molecule has 1 aromatic rings. The Hall–Kier alpha value is -0.950. The molecular weight excluding hydrogens is 409 g/mol. The Morgan fingerprint density at radius 3 is 2.29 bits per heavy atom. The number of ether oxygens (including phenoxy) is 1. The molecule has 0 unspecified atom stereocenters. The van der Waals surface area contributed by atoms with Crippen molar-refractivity contribution in [2.45, 2.75) is 32.7 Å². The first kappa shape index (κ1) is 16.4. The molecule has 1 aliphatic rings. The fraction of sp³-hybridized carbons (Fsp3) is 0.429. The van der Waals surface area contributed by atoms with E-state index in [1.54, 1.807) is 11.8 Å². The number of benzene rings is 1. The van der Waals surface area contributed by atoms with Gasteiger partial charge in [0.25, 0.3) is 0 Å². The van der Waals surface area contributed by atoms with E-state index in [4.69, 9.17) is 4.74 Å². The lowest BCUT2D eigenvalue weighted by Crippen LogP contribution is -2.33. The molecule has 0 N–H and O–H groups in total. The zero-order valence-electron chi connectivity index (χ0n) is 11.8. The summed E-state index contributed by atoms with van der Waals surface area (Å²) in [5, 5.41) is 0. The lowest BCUT2D eigenvalue weighted by Gasteiger charge is -2.26. The Morgan fingerprint density at radius 2 is 1.86 bits per heavy atom. The number of hydrogen-bond donors (Lipinski definition) is 0. The van der Waals surface area contributed by atoms with Gasteiger partial charge >= 0.3 is 5.97 Å². The SMILES string of the molecule is COC(=O)c1c(Br)c(F)c(Br)c(C)c1N(C(C)=O)C1CC1. The molecule has 1 saturated carbocycles. The molecule has 0 aromatic heterocycles. The van der Waals surface area contributed by atoms with Crippen LogP contribution in [0.15, 0.2) is 8.95 Å². The van der Waals surface area contributed by atoms with Crippen LogP contribution in [0.3, 0.4) is 0 Å². The molecule has 1 aromatic carbocycles. The smallest absolute Gasteiger partial charge is 0.341 e. The van der Waals surface area contributed by atoms with Crippen LogP contribution in [-0.4, -0.2) is 25.0 Å². The van der Waals surface area contributed by atoms with Crippen LogP contribution in [0.1, 0.15) is 35.7 Å². The fourth-order valence-electron chi connectivity index (χ4n) is 2.29. The van der Waals surface area contributed by atoms with Gasteiger partial charge < -0.3 is 9.64 Å². The van der Waals surface area contributed by atoms with Crippen LogP contribution in [0.4, 0.5) is 10.1 Å². The van der Waals surface area contributed by atoms with Crippen LogP contribution in [-0.2, 0) is 9.53 Å². The predicted octanol–water partition coefficient (Wildman–Crippen LogP) is 3.96. The summed E-state index contributed by atoms with van der Waals surface area (Å²) in [4.78, 5) is 25.6. The summed E-state index contributed by atoms with van der Waals surface area (Å²) in [6.45, 7) is 3.10. The van der Waals surface area contributed by atoms with Crippen molar-refractivity contribution >= 4 is 49.4 Å². The summed E-state index contributed by atoms with van der Waals surface area (Å²) in [6.07, 6.45) is 1.73. The molecule has 0 aliphatic heterocycles. The van der Waals surface area contributed by atoms with Crippen LogP contribution < -0.4 is 4.90 Å². The maximum absolute atomic E-state index is 14.2. The third kappa shape index (κ3) is 2.85. The quantitative estimate of drug-likeness (QED) is 0.547. The number of rotatable bonds is 3. The van der Waals surface area contributed by atoms with Gasteiger partial charge in [0.1, 0.15) is 5.56 Å². The third-order valence-electron chi connectivity index (χ3n) is 3.41. The molecule has 0 heterocycles. The molecule has 1 aliphatic carbocycles. The standard InChI is InChI=1S/C14H14Br2FNO3/c1-6-10(15)12(17)11(16)9(14(20)21-3)13(6)18(7(2)19)8-4-5-8/h8H,4-5H2,1-3H3. The van der Waals surface area contributed by atoms with E-state index < -0.39 is 11.8 Å². The second-order valence-electron chi connectivity index (χ2n) is 4.90. The van der Waals surface area contributed by atoms with E-state index in [0.717, 1.165) is 12.8 Å². The molecule has 0 bridgehead atoms. The summed E-state index contributed by atoms with van der Waals surface area (Å²) in [5.74, 6) is -1.45. The van der Waals surface area contributed by atoms with E-state index in [-0.39, 0.29) is 26.5 Å². The van der Waals surface area contributed by atoms with E-state index in [1.807, 2.05) is 0 Å². The number of amides is 1. The van der Waals surface area contributed by atoms with Crippen molar-refractivity contribution < 1.29 is 18.7 Å². The lowest BCUT2D eigenvalue weighted by molar-refractivity contribution is -0.116. The maximum Gasteiger partial charge on any atom is 0.341 e. The normalized spacial score (nSPS) is 14.0. The Labute approximate surface area is 138 Å². The van der Waals surface area contributed by atoms with Crippen molar-refractivity contribution in [2.24, 2.45) is 0 Å². The second kappa shape index (κ2) is 6.04. The third-order valence-corrected chi connectivity index (χ3v) is 5.10. The van der Waals surface area contributed by atoms with Gasteiger partial charge in [-0.3, -0.25) is 4.79 Å². The van der Waals surface area contributed by atoms with Gasteiger partial charge in [0.2, 0.25) is 5.91 Å². The molecule has 0 saturated heterocycles. The minimum atomic E-state index is -0.682. The van der Waals surface area contributed by atoms with Gasteiger partial charge in [-0.1, -0.05) is 0 Å².